The molecule has 3 heterocycles. The summed E-state index contributed by atoms with van der Waals surface area (Å²) in [7, 11) is 0. The maximum Gasteiger partial charge on any atom is 0.317 e. The predicted octanol–water partition coefficient (Wildman–Crippen LogP) is 4.83. The van der Waals surface area contributed by atoms with Gasteiger partial charge in [0.1, 0.15) is 17.5 Å². The van der Waals surface area contributed by atoms with Crippen LogP contribution in [0.5, 0.6) is 5.75 Å². The normalized spacial score (nSPS) is 19.1. The second-order valence-corrected chi connectivity index (χ2v) is 10.6. The zero-order chi connectivity index (χ0) is 24.0. The molecule has 0 spiro atoms. The minimum atomic E-state index is -0.0229. The van der Waals surface area contributed by atoms with Gasteiger partial charge in [-0.05, 0) is 57.1 Å². The highest BCUT2D eigenvalue weighted by molar-refractivity contribution is 7.09. The number of likely N-dealkylation sites (tertiary alicyclic amines) is 2. The topological polar surface area (TPSA) is 74.8 Å². The number of urea groups is 1. The van der Waals surface area contributed by atoms with Gasteiger partial charge in [0, 0.05) is 30.9 Å². The molecule has 3 aliphatic rings. The summed E-state index contributed by atoms with van der Waals surface area (Å²) >= 11 is 1.56. The predicted molar refractivity (Wildman–Crippen MR) is 137 cm³/mol. The van der Waals surface area contributed by atoms with E-state index in [4.69, 9.17) is 4.74 Å². The number of para-hydroxylation sites is 1. The van der Waals surface area contributed by atoms with Crippen molar-refractivity contribution in [1.29, 1.82) is 0 Å². The molecule has 0 unspecified atom stereocenters. The molecule has 5 rings (SSSR count). The Bertz CT molecular complexity index is 1040. The van der Waals surface area contributed by atoms with E-state index in [0.717, 1.165) is 49.7 Å². The molecule has 0 atom stereocenters. The van der Waals surface area contributed by atoms with Crippen LogP contribution in [0.25, 0.3) is 0 Å². The van der Waals surface area contributed by atoms with Gasteiger partial charge in [0.05, 0.1) is 18.1 Å². The van der Waals surface area contributed by atoms with Gasteiger partial charge < -0.3 is 19.9 Å². The van der Waals surface area contributed by atoms with Crippen molar-refractivity contribution >= 4 is 23.3 Å². The van der Waals surface area contributed by atoms with Crippen LogP contribution in [0.2, 0.25) is 0 Å². The van der Waals surface area contributed by atoms with Crippen LogP contribution < -0.4 is 10.1 Å². The van der Waals surface area contributed by atoms with E-state index in [2.05, 4.69) is 16.4 Å². The molecule has 3 amide bonds. The Morgan fingerprint density at radius 2 is 1.89 bits per heavy atom. The zero-order valence-corrected chi connectivity index (χ0v) is 21.0. The second kappa shape index (κ2) is 11.2. The molecule has 7 nitrogen and oxygen atoms in total. The Morgan fingerprint density at radius 3 is 2.63 bits per heavy atom. The second-order valence-electron chi connectivity index (χ2n) is 9.69. The molecule has 1 aromatic heterocycles. The first-order chi connectivity index (χ1) is 17.2. The summed E-state index contributed by atoms with van der Waals surface area (Å²) in [5, 5.41) is 5.98. The van der Waals surface area contributed by atoms with Gasteiger partial charge in [-0.1, -0.05) is 29.8 Å². The number of amides is 3. The summed E-state index contributed by atoms with van der Waals surface area (Å²) in [5.41, 5.74) is 2.02. The molecule has 0 radical (unpaired) electrons. The fourth-order valence-electron chi connectivity index (χ4n) is 5.01. The van der Waals surface area contributed by atoms with Crippen molar-refractivity contribution in [3.05, 3.63) is 58.1 Å². The molecule has 2 saturated heterocycles. The number of piperidine rings is 1. The van der Waals surface area contributed by atoms with Crippen molar-refractivity contribution in [2.75, 3.05) is 32.7 Å². The lowest BCUT2D eigenvalue weighted by Crippen LogP contribution is -2.56. The first kappa shape index (κ1) is 23.9. The van der Waals surface area contributed by atoms with Crippen molar-refractivity contribution < 1.29 is 14.3 Å². The molecular formula is C27H34N4O3S. The zero-order valence-electron chi connectivity index (χ0n) is 20.2. The van der Waals surface area contributed by atoms with Crippen LogP contribution in [-0.2, 0) is 0 Å². The van der Waals surface area contributed by atoms with E-state index in [1.54, 1.807) is 16.2 Å². The van der Waals surface area contributed by atoms with Crippen LogP contribution in [0, 0.1) is 0 Å². The van der Waals surface area contributed by atoms with Crippen molar-refractivity contribution in [2.45, 2.75) is 57.0 Å². The van der Waals surface area contributed by atoms with E-state index in [1.807, 2.05) is 40.6 Å². The van der Waals surface area contributed by atoms with Crippen molar-refractivity contribution in [3.8, 4) is 5.75 Å². The molecule has 0 bridgehead atoms. The molecule has 1 aromatic carbocycles. The van der Waals surface area contributed by atoms with Crippen LogP contribution in [-0.4, -0.2) is 65.5 Å². The van der Waals surface area contributed by atoms with Crippen LogP contribution in [0.15, 0.2) is 47.4 Å². The third-order valence-electron chi connectivity index (χ3n) is 7.16. The molecule has 0 saturated carbocycles. The Balaban J connectivity index is 1.04. The number of carbonyl (C=O) groups excluding carboxylic acids is 2. The minimum absolute atomic E-state index is 0.0229. The lowest BCUT2D eigenvalue weighted by atomic mass is 9.97. The number of allylic oxidation sites excluding steroid dienone is 1. The van der Waals surface area contributed by atoms with Gasteiger partial charge in [-0.25, -0.2) is 9.78 Å². The van der Waals surface area contributed by atoms with Crippen molar-refractivity contribution in [1.82, 2.24) is 20.1 Å². The average molecular weight is 495 g/mol. The maximum atomic E-state index is 12.8. The molecule has 1 aliphatic carbocycles. The molecular weight excluding hydrogens is 460 g/mol. The largest absolute Gasteiger partial charge is 0.487 e. The third kappa shape index (κ3) is 6.04. The summed E-state index contributed by atoms with van der Waals surface area (Å²) in [4.78, 5) is 33.8. The van der Waals surface area contributed by atoms with E-state index >= 15 is 0 Å². The highest BCUT2D eigenvalue weighted by atomic mass is 32.1. The number of carbonyl (C=O) groups is 2. The highest BCUT2D eigenvalue weighted by Gasteiger charge is 2.34. The van der Waals surface area contributed by atoms with Crippen LogP contribution in [0.4, 0.5) is 4.79 Å². The number of nitrogens with one attached hydrogen (secondary N) is 1. The lowest BCUT2D eigenvalue weighted by molar-refractivity contribution is 0.0174. The molecule has 8 heteroatoms. The third-order valence-corrected chi connectivity index (χ3v) is 8.17. The summed E-state index contributed by atoms with van der Waals surface area (Å²) in [6.07, 6.45) is 10.0. The van der Waals surface area contributed by atoms with Gasteiger partial charge in [0.2, 0.25) is 0 Å². The van der Waals surface area contributed by atoms with Gasteiger partial charge in [0.15, 0.2) is 0 Å². The van der Waals surface area contributed by atoms with E-state index in [9.17, 15) is 9.59 Å². The molecule has 1 N–H and O–H groups in total. The number of rotatable bonds is 7. The monoisotopic (exact) mass is 494 g/mol. The summed E-state index contributed by atoms with van der Waals surface area (Å²) < 4.78 is 5.90. The number of hydrogen-bond acceptors (Lipinski definition) is 5. The Labute approximate surface area is 211 Å². The Morgan fingerprint density at radius 1 is 1.09 bits per heavy atom. The molecule has 186 valence electrons. The summed E-state index contributed by atoms with van der Waals surface area (Å²) in [5.74, 6) is 1.12. The first-order valence-corrected chi connectivity index (χ1v) is 13.7. The SMILES string of the molecule is O=C(NCCC1=CCCCC1)N1CCC(c2nc(C(=O)N3CC(Oc4ccccc4)C3)cs2)CC1. The quantitative estimate of drug-likeness (QED) is 0.560. The summed E-state index contributed by atoms with van der Waals surface area (Å²) in [6.45, 7) is 3.35. The van der Waals surface area contributed by atoms with Gasteiger partial charge in [0.25, 0.3) is 5.91 Å². The maximum absolute atomic E-state index is 12.8. The van der Waals surface area contributed by atoms with Crippen molar-refractivity contribution in [3.63, 3.8) is 0 Å². The van der Waals surface area contributed by atoms with E-state index in [0.29, 0.717) is 24.7 Å². The van der Waals surface area contributed by atoms with E-state index in [1.165, 1.54) is 31.3 Å². The first-order valence-electron chi connectivity index (χ1n) is 12.8. The Hall–Kier alpha value is -2.87. The Kier molecular flexibility index (Phi) is 7.66. The molecule has 35 heavy (non-hydrogen) atoms. The van der Waals surface area contributed by atoms with Gasteiger partial charge >= 0.3 is 6.03 Å². The number of aromatic nitrogens is 1. The number of thiazole rings is 1. The van der Waals surface area contributed by atoms with Gasteiger partial charge in [-0.3, -0.25) is 4.79 Å². The highest BCUT2D eigenvalue weighted by Crippen LogP contribution is 2.31. The van der Waals surface area contributed by atoms with Crippen LogP contribution in [0.1, 0.15) is 66.4 Å². The average Bonchev–Trinajstić information content (AvgIpc) is 3.37. The lowest BCUT2D eigenvalue weighted by Gasteiger charge is -2.38. The van der Waals surface area contributed by atoms with E-state index < -0.39 is 0 Å². The number of ether oxygens (including phenoxy) is 1. The molecule has 2 aromatic rings. The van der Waals surface area contributed by atoms with Crippen LogP contribution >= 0.6 is 11.3 Å². The molecule has 2 aliphatic heterocycles. The standard InChI is InChI=1S/C27H34N4O3S/c32-26(31-17-23(18-31)34-22-9-5-2-6-10-22)24-19-35-25(29-24)21-12-15-30(16-13-21)27(33)28-14-11-20-7-3-1-4-8-20/h2,5-7,9-10,19,21,23H,1,3-4,8,11-18H2,(H,28,33). The van der Waals surface area contributed by atoms with Crippen molar-refractivity contribution in [2.24, 2.45) is 0 Å². The fraction of sp³-hybridized carbons (Fsp3) is 0.519. The smallest absolute Gasteiger partial charge is 0.317 e. The molecule has 2 fully saturated rings. The summed E-state index contributed by atoms with van der Waals surface area (Å²) in [6, 6.07) is 9.75. The van der Waals surface area contributed by atoms with E-state index in [-0.39, 0.29) is 18.0 Å². The van der Waals surface area contributed by atoms with Crippen LogP contribution in [0.3, 0.4) is 0 Å². The van der Waals surface area contributed by atoms with Gasteiger partial charge in [-0.15, -0.1) is 11.3 Å². The fourth-order valence-corrected chi connectivity index (χ4v) is 5.97. The van der Waals surface area contributed by atoms with Gasteiger partial charge in [-0.2, -0.15) is 0 Å². The number of hydrogen-bond donors (Lipinski definition) is 1. The minimum Gasteiger partial charge on any atom is -0.487 e. The number of benzene rings is 1. The number of nitrogens with zero attached hydrogens (tertiary/aromatic N) is 3.